The molecule has 122 valence electrons. The Kier molecular flexibility index (Phi) is 4.34. The number of hydrogen-bond donors (Lipinski definition) is 1. The molecule has 4 rings (SSSR count). The van der Waals surface area contributed by atoms with Crippen LogP contribution in [0.2, 0.25) is 0 Å². The molecule has 0 amide bonds. The fourth-order valence-corrected chi connectivity index (χ4v) is 4.05. The number of benzene rings is 2. The van der Waals surface area contributed by atoms with Crippen molar-refractivity contribution in [1.29, 1.82) is 0 Å². The Balaban J connectivity index is 1.77. The fraction of sp³-hybridized carbons (Fsp3) is 0.200. The molecule has 2 N–H and O–H groups in total. The molecule has 0 unspecified atom stereocenters. The van der Waals surface area contributed by atoms with E-state index >= 15 is 0 Å². The largest absolute Gasteiger partial charge is 0.456 e. The topological polar surface area (TPSA) is 44.5 Å². The molecule has 3 aromatic rings. The summed E-state index contributed by atoms with van der Waals surface area (Å²) in [6, 6.07) is 18.6. The van der Waals surface area contributed by atoms with Crippen molar-refractivity contribution in [2.24, 2.45) is 5.73 Å². The van der Waals surface area contributed by atoms with Gasteiger partial charge in [-0.2, -0.15) is 0 Å². The molecule has 2 aromatic carbocycles. The highest BCUT2D eigenvalue weighted by molar-refractivity contribution is 7.16. The first-order chi connectivity index (χ1) is 11.9. The fourth-order valence-electron chi connectivity index (χ4n) is 2.91. The van der Waals surface area contributed by atoms with E-state index in [1.165, 1.54) is 15.3 Å². The van der Waals surface area contributed by atoms with Crippen molar-refractivity contribution in [2.75, 3.05) is 13.2 Å². The zero-order valence-corrected chi connectivity index (χ0v) is 14.1. The van der Waals surface area contributed by atoms with Gasteiger partial charge in [-0.1, -0.05) is 30.3 Å². The highest BCUT2D eigenvalue weighted by Gasteiger charge is 2.22. The normalized spacial score (nSPS) is 11.9. The third kappa shape index (κ3) is 2.84. The van der Waals surface area contributed by atoms with Gasteiger partial charge in [0.25, 0.3) is 0 Å². The summed E-state index contributed by atoms with van der Waals surface area (Å²) in [5.41, 5.74) is 9.01. The summed E-state index contributed by atoms with van der Waals surface area (Å²) in [5.74, 6) is 1.80. The molecule has 1 aromatic heterocycles. The van der Waals surface area contributed by atoms with E-state index in [1.54, 1.807) is 11.3 Å². The lowest BCUT2D eigenvalue weighted by Gasteiger charge is -2.08. The third-order valence-electron chi connectivity index (χ3n) is 4.05. The number of fused-ring (bicyclic) bond motifs is 5. The lowest BCUT2D eigenvalue weighted by Crippen LogP contribution is -2.03. The molecule has 2 heterocycles. The van der Waals surface area contributed by atoms with Gasteiger partial charge < -0.3 is 15.2 Å². The van der Waals surface area contributed by atoms with Crippen molar-refractivity contribution in [2.45, 2.75) is 13.0 Å². The van der Waals surface area contributed by atoms with Gasteiger partial charge in [-0.3, -0.25) is 0 Å². The van der Waals surface area contributed by atoms with E-state index in [4.69, 9.17) is 15.2 Å². The van der Waals surface area contributed by atoms with Gasteiger partial charge in [-0.15, -0.1) is 11.3 Å². The Bertz CT molecular complexity index is 793. The van der Waals surface area contributed by atoms with Crippen LogP contribution in [0.15, 0.2) is 54.6 Å². The molecule has 0 spiro atoms. The number of thiophene rings is 1. The highest BCUT2D eigenvalue weighted by atomic mass is 32.1. The van der Waals surface area contributed by atoms with Gasteiger partial charge in [0.2, 0.25) is 0 Å². The van der Waals surface area contributed by atoms with Gasteiger partial charge in [-0.05, 0) is 37.2 Å². The summed E-state index contributed by atoms with van der Waals surface area (Å²) in [6.45, 7) is 2.00. The predicted octanol–water partition coefficient (Wildman–Crippen LogP) is 5.05. The highest BCUT2D eigenvalue weighted by Crippen LogP contribution is 2.49. The minimum absolute atomic E-state index is 0.628. The van der Waals surface area contributed by atoms with Crippen LogP contribution in [0.5, 0.6) is 11.5 Å². The molecular weight excluding hydrogens is 318 g/mol. The predicted molar refractivity (Wildman–Crippen MR) is 98.6 cm³/mol. The second kappa shape index (κ2) is 6.77. The summed E-state index contributed by atoms with van der Waals surface area (Å²) in [6.07, 6.45) is 0.893. The standard InChI is InChI=1S/C20H19NO2S/c21-10-5-11-22-13-14-12-17-15-6-1-3-8-18(15)23-19-9-4-2-7-16(19)20(17)24-14/h1-4,6-9,12H,5,10-11,13,21H2. The number of hydrogen-bond acceptors (Lipinski definition) is 4. The molecule has 4 heteroatoms. The average Bonchev–Trinajstić information content (AvgIpc) is 2.98. The van der Waals surface area contributed by atoms with E-state index in [2.05, 4.69) is 30.3 Å². The van der Waals surface area contributed by atoms with Crippen molar-refractivity contribution in [1.82, 2.24) is 0 Å². The van der Waals surface area contributed by atoms with Crippen LogP contribution in [0.1, 0.15) is 11.3 Å². The maximum atomic E-state index is 6.16. The maximum Gasteiger partial charge on any atom is 0.136 e. The number of rotatable bonds is 5. The zero-order valence-electron chi connectivity index (χ0n) is 13.3. The van der Waals surface area contributed by atoms with E-state index in [0.29, 0.717) is 19.8 Å². The molecule has 0 saturated heterocycles. The van der Waals surface area contributed by atoms with Crippen molar-refractivity contribution in [3.63, 3.8) is 0 Å². The second-order valence-electron chi connectivity index (χ2n) is 5.74. The van der Waals surface area contributed by atoms with Crippen molar-refractivity contribution >= 4 is 11.3 Å². The van der Waals surface area contributed by atoms with E-state index in [-0.39, 0.29) is 0 Å². The molecule has 0 saturated carbocycles. The molecule has 24 heavy (non-hydrogen) atoms. The summed E-state index contributed by atoms with van der Waals surface area (Å²) in [4.78, 5) is 2.47. The first-order valence-corrected chi connectivity index (χ1v) is 8.95. The van der Waals surface area contributed by atoms with Crippen LogP contribution in [0, 0.1) is 0 Å². The maximum absolute atomic E-state index is 6.16. The Hall–Kier alpha value is -2.14. The van der Waals surface area contributed by atoms with Crippen LogP contribution < -0.4 is 10.5 Å². The Labute approximate surface area is 145 Å². The summed E-state index contributed by atoms with van der Waals surface area (Å²) in [5, 5.41) is 0. The van der Waals surface area contributed by atoms with Crippen molar-refractivity contribution < 1.29 is 9.47 Å². The average molecular weight is 337 g/mol. The summed E-state index contributed by atoms with van der Waals surface area (Å²) in [7, 11) is 0. The summed E-state index contributed by atoms with van der Waals surface area (Å²) >= 11 is 1.78. The lowest BCUT2D eigenvalue weighted by atomic mass is 10.0. The second-order valence-corrected chi connectivity index (χ2v) is 6.88. The third-order valence-corrected chi connectivity index (χ3v) is 5.19. The van der Waals surface area contributed by atoms with Gasteiger partial charge in [-0.25, -0.2) is 0 Å². The molecule has 0 fully saturated rings. The van der Waals surface area contributed by atoms with Crippen LogP contribution in [0.4, 0.5) is 0 Å². The zero-order chi connectivity index (χ0) is 16.4. The quantitative estimate of drug-likeness (QED) is 0.518. The number of ether oxygens (including phenoxy) is 2. The number of para-hydroxylation sites is 2. The Morgan fingerprint density at radius 2 is 1.62 bits per heavy atom. The van der Waals surface area contributed by atoms with Crippen molar-refractivity contribution in [3.8, 4) is 33.1 Å². The lowest BCUT2D eigenvalue weighted by molar-refractivity contribution is 0.122. The van der Waals surface area contributed by atoms with Crippen LogP contribution >= 0.6 is 11.3 Å². The van der Waals surface area contributed by atoms with Crippen LogP contribution in [-0.2, 0) is 11.3 Å². The molecule has 3 nitrogen and oxygen atoms in total. The molecule has 0 bridgehead atoms. The first-order valence-electron chi connectivity index (χ1n) is 8.14. The van der Waals surface area contributed by atoms with Crippen LogP contribution in [0.25, 0.3) is 21.6 Å². The van der Waals surface area contributed by atoms with E-state index in [0.717, 1.165) is 29.0 Å². The van der Waals surface area contributed by atoms with Crippen LogP contribution in [0.3, 0.4) is 0 Å². The monoisotopic (exact) mass is 337 g/mol. The minimum Gasteiger partial charge on any atom is -0.456 e. The first kappa shape index (κ1) is 15.4. The van der Waals surface area contributed by atoms with E-state index in [9.17, 15) is 0 Å². The van der Waals surface area contributed by atoms with Crippen molar-refractivity contribution in [3.05, 3.63) is 59.5 Å². The van der Waals surface area contributed by atoms with Gasteiger partial charge >= 0.3 is 0 Å². The molecular formula is C20H19NO2S. The molecule has 1 aliphatic rings. The smallest absolute Gasteiger partial charge is 0.136 e. The van der Waals surface area contributed by atoms with Gasteiger partial charge in [0, 0.05) is 33.1 Å². The molecule has 0 radical (unpaired) electrons. The summed E-state index contributed by atoms with van der Waals surface area (Å²) < 4.78 is 11.9. The van der Waals surface area contributed by atoms with E-state index < -0.39 is 0 Å². The Morgan fingerprint density at radius 1 is 0.917 bits per heavy atom. The minimum atomic E-state index is 0.628. The molecule has 1 aliphatic heterocycles. The van der Waals surface area contributed by atoms with E-state index in [1.807, 2.05) is 24.3 Å². The molecule has 0 aliphatic carbocycles. The number of nitrogens with two attached hydrogens (primary N) is 1. The van der Waals surface area contributed by atoms with Gasteiger partial charge in [0.15, 0.2) is 0 Å². The SMILES string of the molecule is NCCCOCc1cc2c(s1)-c1ccccc1Oc1ccccc1-2. The van der Waals surface area contributed by atoms with Crippen LogP contribution in [-0.4, -0.2) is 13.2 Å². The van der Waals surface area contributed by atoms with Gasteiger partial charge in [0.1, 0.15) is 11.5 Å². The van der Waals surface area contributed by atoms with Gasteiger partial charge in [0.05, 0.1) is 6.61 Å². The molecule has 0 atom stereocenters. The Morgan fingerprint density at radius 3 is 2.42 bits per heavy atom.